The van der Waals surface area contributed by atoms with E-state index in [4.69, 9.17) is 19.6 Å². The molecule has 0 bridgehead atoms. The standard InChI is InChI=1S/C26H23F2NO4/c1-31-24(30)14-17-5-2-3-8-22(17)33-15-16-11-19-9-10-32-26(19)21(12-16)20-7-4-6-18(25(20)28)13-23(27)29/h2-12,23H,13-15,29H2,1H3/t23-/m1/s1. The van der Waals surface area contributed by atoms with Crippen LogP contribution in [-0.4, -0.2) is 19.4 Å². The molecular formula is C26H23F2NO4. The van der Waals surface area contributed by atoms with E-state index in [-0.39, 0.29) is 31.0 Å². The van der Waals surface area contributed by atoms with E-state index < -0.39 is 12.1 Å². The number of ether oxygens (including phenoxy) is 2. The van der Waals surface area contributed by atoms with E-state index in [0.717, 1.165) is 10.9 Å². The molecule has 33 heavy (non-hydrogen) atoms. The molecule has 5 nitrogen and oxygen atoms in total. The summed E-state index contributed by atoms with van der Waals surface area (Å²) in [5, 5.41) is 0.779. The maximum atomic E-state index is 15.2. The van der Waals surface area contributed by atoms with Crippen LogP contribution in [0.5, 0.6) is 5.75 Å². The van der Waals surface area contributed by atoms with Gasteiger partial charge in [-0.1, -0.05) is 36.4 Å². The smallest absolute Gasteiger partial charge is 0.310 e. The molecular weight excluding hydrogens is 428 g/mol. The van der Waals surface area contributed by atoms with Crippen LogP contribution in [0.1, 0.15) is 16.7 Å². The van der Waals surface area contributed by atoms with Crippen molar-refractivity contribution in [3.05, 3.63) is 89.4 Å². The van der Waals surface area contributed by atoms with Gasteiger partial charge in [0.25, 0.3) is 0 Å². The second kappa shape index (κ2) is 9.83. The molecule has 2 N–H and O–H groups in total. The summed E-state index contributed by atoms with van der Waals surface area (Å²) < 4.78 is 44.9. The van der Waals surface area contributed by atoms with Gasteiger partial charge >= 0.3 is 5.97 Å². The van der Waals surface area contributed by atoms with Crippen molar-refractivity contribution < 1.29 is 27.5 Å². The van der Waals surface area contributed by atoms with E-state index in [1.54, 1.807) is 36.4 Å². The maximum absolute atomic E-state index is 15.2. The first-order chi connectivity index (χ1) is 16.0. The predicted octanol–water partition coefficient (Wildman–Crippen LogP) is 5.33. The lowest BCUT2D eigenvalue weighted by molar-refractivity contribution is -0.139. The summed E-state index contributed by atoms with van der Waals surface area (Å²) in [4.78, 5) is 11.7. The molecule has 4 aromatic rings. The molecule has 4 rings (SSSR count). The molecule has 0 amide bonds. The first-order valence-electron chi connectivity index (χ1n) is 10.4. The fourth-order valence-corrected chi connectivity index (χ4v) is 3.76. The molecule has 0 fully saturated rings. The number of carbonyl (C=O) groups is 1. The zero-order valence-electron chi connectivity index (χ0n) is 18.0. The third kappa shape index (κ3) is 5.04. The SMILES string of the molecule is COC(=O)Cc1ccccc1OCc1cc(-c2cccc(C[C@@H](N)F)c2F)c2occc2c1. The van der Waals surface area contributed by atoms with E-state index >= 15 is 4.39 Å². The minimum atomic E-state index is -1.65. The summed E-state index contributed by atoms with van der Waals surface area (Å²) in [7, 11) is 1.34. The lowest BCUT2D eigenvalue weighted by Gasteiger charge is -2.13. The van der Waals surface area contributed by atoms with Crippen LogP contribution in [0.2, 0.25) is 0 Å². The van der Waals surface area contributed by atoms with Crippen molar-refractivity contribution in [3.8, 4) is 16.9 Å². The molecule has 170 valence electrons. The summed E-state index contributed by atoms with van der Waals surface area (Å²) in [6, 6.07) is 17.5. The lowest BCUT2D eigenvalue weighted by atomic mass is 9.97. The van der Waals surface area contributed by atoms with Crippen LogP contribution >= 0.6 is 0 Å². The average molecular weight is 451 g/mol. The van der Waals surface area contributed by atoms with Gasteiger partial charge in [-0.15, -0.1) is 0 Å². The van der Waals surface area contributed by atoms with Gasteiger partial charge in [-0.25, -0.2) is 8.78 Å². The zero-order chi connectivity index (χ0) is 23.4. The minimum absolute atomic E-state index is 0.0907. The molecule has 0 radical (unpaired) electrons. The number of fused-ring (bicyclic) bond motifs is 1. The largest absolute Gasteiger partial charge is 0.489 e. The molecule has 0 saturated heterocycles. The number of esters is 1. The summed E-state index contributed by atoms with van der Waals surface area (Å²) in [5.74, 6) is -0.344. The molecule has 7 heteroatoms. The van der Waals surface area contributed by atoms with Crippen LogP contribution < -0.4 is 10.5 Å². The Bertz CT molecular complexity index is 1280. The van der Waals surface area contributed by atoms with Gasteiger partial charge in [-0.3, -0.25) is 4.79 Å². The Morgan fingerprint density at radius 2 is 1.85 bits per heavy atom. The highest BCUT2D eigenvalue weighted by atomic mass is 19.1. The fraction of sp³-hybridized carbons (Fsp3) is 0.192. The van der Waals surface area contributed by atoms with Crippen molar-refractivity contribution >= 4 is 16.9 Å². The molecule has 1 heterocycles. The van der Waals surface area contributed by atoms with Crippen LogP contribution in [0.4, 0.5) is 8.78 Å². The van der Waals surface area contributed by atoms with Gasteiger partial charge in [0.15, 0.2) is 6.30 Å². The van der Waals surface area contributed by atoms with E-state index in [2.05, 4.69) is 0 Å². The molecule has 0 unspecified atom stereocenters. The topological polar surface area (TPSA) is 74.7 Å². The van der Waals surface area contributed by atoms with Gasteiger partial charge in [0.05, 0.1) is 19.8 Å². The van der Waals surface area contributed by atoms with Gasteiger partial charge < -0.3 is 19.6 Å². The van der Waals surface area contributed by atoms with Crippen LogP contribution in [0, 0.1) is 5.82 Å². The average Bonchev–Trinajstić information content (AvgIpc) is 3.28. The molecule has 0 aliphatic heterocycles. The molecule has 0 aliphatic rings. The van der Waals surface area contributed by atoms with Crippen molar-refractivity contribution in [2.24, 2.45) is 5.73 Å². The number of hydrogen-bond donors (Lipinski definition) is 1. The van der Waals surface area contributed by atoms with Gasteiger partial charge in [0, 0.05) is 28.5 Å². The van der Waals surface area contributed by atoms with Crippen LogP contribution in [0.25, 0.3) is 22.1 Å². The number of halogens is 2. The molecule has 0 spiro atoms. The van der Waals surface area contributed by atoms with E-state index in [0.29, 0.717) is 28.0 Å². The Hall–Kier alpha value is -3.71. The number of para-hydroxylation sites is 1. The number of hydrogen-bond acceptors (Lipinski definition) is 5. The fourth-order valence-electron chi connectivity index (χ4n) is 3.76. The molecule has 0 saturated carbocycles. The lowest BCUT2D eigenvalue weighted by Crippen LogP contribution is -2.17. The highest BCUT2D eigenvalue weighted by molar-refractivity contribution is 5.93. The summed E-state index contributed by atoms with van der Waals surface area (Å²) in [5.41, 5.74) is 8.25. The van der Waals surface area contributed by atoms with Gasteiger partial charge in [-0.05, 0) is 35.4 Å². The summed E-state index contributed by atoms with van der Waals surface area (Å²) in [6.07, 6.45) is -0.249. The molecule has 1 aromatic heterocycles. The van der Waals surface area contributed by atoms with Gasteiger partial charge in [0.2, 0.25) is 0 Å². The van der Waals surface area contributed by atoms with Crippen molar-refractivity contribution in [1.82, 2.24) is 0 Å². The highest BCUT2D eigenvalue weighted by Gasteiger charge is 2.17. The van der Waals surface area contributed by atoms with E-state index in [9.17, 15) is 9.18 Å². The van der Waals surface area contributed by atoms with E-state index in [1.807, 2.05) is 18.2 Å². The Balaban J connectivity index is 1.67. The first-order valence-corrected chi connectivity index (χ1v) is 10.4. The minimum Gasteiger partial charge on any atom is -0.489 e. The molecule has 1 atom stereocenters. The number of alkyl halides is 1. The van der Waals surface area contributed by atoms with Crippen molar-refractivity contribution in [2.75, 3.05) is 7.11 Å². The quantitative estimate of drug-likeness (QED) is 0.290. The molecule has 0 aliphatic carbocycles. The number of rotatable bonds is 8. The third-order valence-electron chi connectivity index (χ3n) is 5.32. The van der Waals surface area contributed by atoms with Crippen molar-refractivity contribution in [2.45, 2.75) is 25.7 Å². The zero-order valence-corrected chi connectivity index (χ0v) is 18.0. The van der Waals surface area contributed by atoms with Crippen molar-refractivity contribution in [3.63, 3.8) is 0 Å². The Labute approximate surface area is 189 Å². The Morgan fingerprint density at radius 1 is 1.06 bits per heavy atom. The third-order valence-corrected chi connectivity index (χ3v) is 5.32. The number of carbonyl (C=O) groups excluding carboxylic acids is 1. The van der Waals surface area contributed by atoms with Gasteiger partial charge in [-0.2, -0.15) is 0 Å². The Morgan fingerprint density at radius 3 is 2.64 bits per heavy atom. The normalized spacial score (nSPS) is 12.0. The second-order valence-electron chi connectivity index (χ2n) is 7.63. The summed E-state index contributed by atoms with van der Waals surface area (Å²) in [6.45, 7) is 0.184. The monoisotopic (exact) mass is 451 g/mol. The number of furan rings is 1. The first kappa shape index (κ1) is 22.5. The highest BCUT2D eigenvalue weighted by Crippen LogP contribution is 2.34. The summed E-state index contributed by atoms with van der Waals surface area (Å²) >= 11 is 0. The van der Waals surface area contributed by atoms with Crippen LogP contribution in [0.3, 0.4) is 0 Å². The van der Waals surface area contributed by atoms with Gasteiger partial charge in [0.1, 0.15) is 23.8 Å². The van der Waals surface area contributed by atoms with Crippen LogP contribution in [-0.2, 0) is 29.0 Å². The second-order valence-corrected chi connectivity index (χ2v) is 7.63. The van der Waals surface area contributed by atoms with Crippen molar-refractivity contribution in [1.29, 1.82) is 0 Å². The maximum Gasteiger partial charge on any atom is 0.310 e. The number of methoxy groups -OCH3 is 1. The number of benzene rings is 3. The van der Waals surface area contributed by atoms with Crippen LogP contribution in [0.15, 0.2) is 71.3 Å². The Kier molecular flexibility index (Phi) is 6.70. The van der Waals surface area contributed by atoms with E-state index in [1.165, 1.54) is 19.4 Å². The molecule has 3 aromatic carbocycles. The predicted molar refractivity (Wildman–Crippen MR) is 121 cm³/mol. The number of nitrogens with two attached hydrogens (primary N) is 1.